The predicted molar refractivity (Wildman–Crippen MR) is 488 cm³/mol. The normalized spacial score (nSPS) is 12.0. The van der Waals surface area contributed by atoms with E-state index in [2.05, 4.69) is 86.2 Å². The summed E-state index contributed by atoms with van der Waals surface area (Å²) in [6.45, 7) is 3.76. The van der Waals surface area contributed by atoms with Crippen LogP contribution in [0, 0.1) is 13.8 Å². The van der Waals surface area contributed by atoms with E-state index in [1.807, 2.05) is 92.8 Å². The second-order valence-electron chi connectivity index (χ2n) is 28.4. The molecule has 11 aromatic heterocycles. The van der Waals surface area contributed by atoms with Gasteiger partial charge in [-0.05, 0) is 167 Å². The van der Waals surface area contributed by atoms with E-state index in [0.29, 0.717) is 99.6 Å². The third-order valence-corrected chi connectivity index (χ3v) is 24.0. The number of aliphatic hydroxyl groups is 4. The topological polar surface area (TPSA) is 433 Å². The molecule has 658 valence electrons. The van der Waals surface area contributed by atoms with Crippen LogP contribution in [-0.2, 0) is 48.7 Å². The number of esters is 2. The molecule has 129 heavy (non-hydrogen) atoms. The van der Waals surface area contributed by atoms with Crippen LogP contribution in [0.15, 0.2) is 287 Å². The molecule has 11 heterocycles. The Morgan fingerprint density at radius 2 is 0.791 bits per heavy atom. The molecule has 1 amide bonds. The maximum atomic E-state index is 13.7. The molecule has 16 rings (SSSR count). The first-order valence-corrected chi connectivity index (χ1v) is 43.4. The fourth-order valence-corrected chi connectivity index (χ4v) is 16.5. The second-order valence-corrected chi connectivity index (χ2v) is 33.6. The summed E-state index contributed by atoms with van der Waals surface area (Å²) in [4.78, 5) is 95.5. The number of H-pyrrole nitrogens is 1. The number of fused-ring (bicyclic) bond motifs is 3. The molecule has 4 atom stereocenters. The van der Waals surface area contributed by atoms with Gasteiger partial charge in [-0.3, -0.25) is 9.59 Å². The van der Waals surface area contributed by atoms with Crippen LogP contribution in [0.1, 0.15) is 68.8 Å². The van der Waals surface area contributed by atoms with Crippen molar-refractivity contribution in [2.45, 2.75) is 48.1 Å². The average Bonchev–Trinajstić information content (AvgIpc) is 1.60. The Bertz CT molecular complexity index is 7060. The number of methoxy groups -OCH3 is 5. The minimum absolute atomic E-state index is 0.0282. The summed E-state index contributed by atoms with van der Waals surface area (Å²) in [5.74, 6) is -1.49. The van der Waals surface area contributed by atoms with Crippen molar-refractivity contribution in [3.8, 4) is 84.4 Å². The lowest BCUT2D eigenvalue weighted by Gasteiger charge is -2.16. The van der Waals surface area contributed by atoms with Gasteiger partial charge in [0.15, 0.2) is 42.0 Å². The van der Waals surface area contributed by atoms with Gasteiger partial charge in [0.05, 0.1) is 85.2 Å². The highest BCUT2D eigenvalue weighted by molar-refractivity contribution is 9.10. The van der Waals surface area contributed by atoms with E-state index < -0.39 is 68.3 Å². The molecule has 0 saturated heterocycles. The number of benzene rings is 5. The van der Waals surface area contributed by atoms with Gasteiger partial charge in [-0.25, -0.2) is 79.0 Å². The third-order valence-electron chi connectivity index (χ3n) is 19.8. The molecule has 4 unspecified atom stereocenters. The number of aliphatic carboxylic acids is 1. The second kappa shape index (κ2) is 41.8. The van der Waals surface area contributed by atoms with Crippen LogP contribution < -0.4 is 14.2 Å². The van der Waals surface area contributed by atoms with Crippen LogP contribution in [0.5, 0.6) is 17.2 Å². The Morgan fingerprint density at radius 3 is 1.17 bits per heavy atom. The van der Waals surface area contributed by atoms with E-state index in [1.54, 1.807) is 186 Å². The maximum absolute atomic E-state index is 13.7. The molecule has 0 aliphatic carbocycles. The molecule has 0 fully saturated rings. The quantitative estimate of drug-likeness (QED) is 0.0208. The molecule has 0 radical (unpaired) electrons. The summed E-state index contributed by atoms with van der Waals surface area (Å²) in [6, 6.07) is 65.9. The molecular formula is C94H82Br2N12O19S2. The summed E-state index contributed by atoms with van der Waals surface area (Å²) < 4.78 is 84.0. The van der Waals surface area contributed by atoms with Crippen LogP contribution in [0.4, 0.5) is 0 Å². The number of carboxylic acids is 1. The van der Waals surface area contributed by atoms with E-state index in [1.165, 1.54) is 60.9 Å². The highest BCUT2D eigenvalue weighted by Crippen LogP contribution is 2.42. The zero-order valence-corrected chi connectivity index (χ0v) is 75.0. The minimum Gasteiger partial charge on any atom is -0.496 e. The number of carbonyl (C=O) groups excluding carboxylic acids is 4. The number of ether oxygens (including phenoxy) is 5. The van der Waals surface area contributed by atoms with E-state index in [0.717, 1.165) is 48.6 Å². The van der Waals surface area contributed by atoms with Crippen LogP contribution in [0.2, 0.25) is 0 Å². The molecule has 0 bridgehead atoms. The number of hydrogen-bond acceptors (Lipinski definition) is 26. The Labute approximate surface area is 756 Å². The van der Waals surface area contributed by atoms with E-state index in [4.69, 9.17) is 19.3 Å². The first kappa shape index (κ1) is 93.7. The molecule has 35 heteroatoms. The Hall–Kier alpha value is -14.4. The summed E-state index contributed by atoms with van der Waals surface area (Å²) in [5.41, 5.74) is 11.9. The summed E-state index contributed by atoms with van der Waals surface area (Å²) in [6.07, 6.45) is 4.42. The van der Waals surface area contributed by atoms with Crippen molar-refractivity contribution in [1.82, 2.24) is 57.7 Å². The van der Waals surface area contributed by atoms with Crippen molar-refractivity contribution in [2.24, 2.45) is 0 Å². The van der Waals surface area contributed by atoms with Gasteiger partial charge in [0.1, 0.15) is 37.8 Å². The first-order chi connectivity index (χ1) is 61.9. The number of hydrogen-bond donors (Lipinski definition) is 6. The number of rotatable bonds is 22. The number of aldehydes is 1. The molecule has 31 nitrogen and oxygen atoms in total. The van der Waals surface area contributed by atoms with Crippen molar-refractivity contribution in [3.05, 3.63) is 317 Å². The van der Waals surface area contributed by atoms with Crippen molar-refractivity contribution in [3.63, 3.8) is 0 Å². The van der Waals surface area contributed by atoms with E-state index >= 15 is 0 Å². The number of nitrogens with zero attached hydrogens (tertiary/aromatic N) is 11. The average molecular weight is 1910 g/mol. The van der Waals surface area contributed by atoms with Gasteiger partial charge >= 0.3 is 17.9 Å². The van der Waals surface area contributed by atoms with Gasteiger partial charge in [0.25, 0.3) is 26.0 Å². The minimum atomic E-state index is -3.99. The number of likely N-dealkylation sites (N-methyl/N-ethyl adjacent to an activating group) is 1. The third kappa shape index (κ3) is 21.5. The fourth-order valence-electron chi connectivity index (χ4n) is 13.2. The fraction of sp³-hybridized carbons (Fsp3) is 0.138. The highest BCUT2D eigenvalue weighted by Gasteiger charge is 2.30. The van der Waals surface area contributed by atoms with Crippen molar-refractivity contribution in [1.29, 1.82) is 0 Å². The lowest BCUT2D eigenvalue weighted by atomic mass is 10.0. The Morgan fingerprint density at radius 1 is 0.426 bits per heavy atom. The number of aromatic nitrogens is 11. The summed E-state index contributed by atoms with van der Waals surface area (Å²) >= 11 is 6.26. The summed E-state index contributed by atoms with van der Waals surface area (Å²) in [7, 11) is 2.34. The van der Waals surface area contributed by atoms with Crippen LogP contribution in [0.25, 0.3) is 100 Å². The Kier molecular flexibility index (Phi) is 30.4. The molecule has 6 N–H and O–H groups in total. The SMILES string of the molecule is COC(=O)C(O)c1cccc(-c2cnc3c(c2)c(-c2ccccc2OC)cn3S(=O)(=O)c2ccc(C)cc2)n1.COC(=O)C(O)c1cccc(Br)n1.COc1ccccc1-c1c[nH]c2ncc(-c3cccc(C(O)C(=O)N(C)C)n3)cc12.COc1ccccc1-c1cn(S(=O)(=O)c2ccc(C)cc2)c2ncc(-c3cccc(C(O)C(=O)O)n3)cc12.O=Cc1cccc(Br)n1. The molecule has 0 aliphatic rings. The maximum Gasteiger partial charge on any atom is 0.341 e. The van der Waals surface area contributed by atoms with Crippen LogP contribution in [0.3, 0.4) is 0 Å². The van der Waals surface area contributed by atoms with Crippen molar-refractivity contribution >= 4 is 115 Å². The largest absolute Gasteiger partial charge is 0.496 e. The van der Waals surface area contributed by atoms with Crippen molar-refractivity contribution < 1.29 is 90.0 Å². The van der Waals surface area contributed by atoms with Crippen molar-refractivity contribution in [2.75, 3.05) is 49.6 Å². The molecule has 0 saturated carbocycles. The standard InChI is InChI=1S/C29H25N3O6S.C28H23N3O6S.C23H22N4O3.C8H8BrNO3.C6H4BrNO/c1-18-11-13-20(14-12-18)39(35,36)32-17-23(21-7-4-5-10-26(21)37-2)22-15-19(16-30-28(22)32)24-8-6-9-25(31-24)27(33)29(34)38-3;1-17-10-12-19(13-11-17)38(35,36)31-16-22(20-6-3-4-9-25(20)37-2)21-14-18(15-29-27(21)31)23-7-5-8-24(30-23)26(32)28(33)34;1-27(2)23(29)21(28)19-9-6-8-18(26-19)14-11-16-17(13-25-22(16)24-12-14)15-7-4-5-10-20(15)30-3;1-13-8(12)7(11)5-3-2-4-6(9)10-5;7-6-3-1-2-5(4-9)8-6/h4-17,27,33H,1-3H3;3-16,26,32H,1-2H3,(H,33,34);4-13,21,28H,1-3H3,(H,24,25);2-4,7,11H,1H3;1-4H. The number of carboxylic acid groups (broad SMARTS) is 1. The lowest BCUT2D eigenvalue weighted by molar-refractivity contribution is -0.151. The monoisotopic (exact) mass is 1900 g/mol. The number of aryl methyl sites for hydroxylation is 2. The smallest absolute Gasteiger partial charge is 0.341 e. The number of pyridine rings is 8. The molecule has 0 spiro atoms. The van der Waals surface area contributed by atoms with E-state index in [9.17, 15) is 61.2 Å². The van der Waals surface area contributed by atoms with Gasteiger partial charge in [-0.15, -0.1) is 0 Å². The molecule has 5 aromatic carbocycles. The highest BCUT2D eigenvalue weighted by atomic mass is 79.9. The molecule has 0 aliphatic heterocycles. The summed E-state index contributed by atoms with van der Waals surface area (Å²) in [5, 5.41) is 51.1. The number of nitrogens with one attached hydrogen (secondary N) is 1. The number of aliphatic hydroxyl groups excluding tert-OH is 4. The van der Waals surface area contributed by atoms with Gasteiger partial charge in [0.2, 0.25) is 0 Å². The molecule has 16 aromatic rings. The van der Waals surface area contributed by atoms with Gasteiger partial charge in [-0.2, -0.15) is 0 Å². The van der Waals surface area contributed by atoms with Crippen LogP contribution >= 0.6 is 31.9 Å². The number of amides is 1. The van der Waals surface area contributed by atoms with Gasteiger partial charge in [-0.1, -0.05) is 120 Å². The van der Waals surface area contributed by atoms with E-state index in [-0.39, 0.29) is 38.2 Å². The number of halogens is 2. The first-order valence-electron chi connectivity index (χ1n) is 38.9. The number of carbonyl (C=O) groups is 5. The van der Waals surface area contributed by atoms with Gasteiger partial charge in [0, 0.05) is 118 Å². The molecular weight excluding hydrogens is 1830 g/mol. The number of para-hydroxylation sites is 3. The Balaban J connectivity index is 0.000000157. The lowest BCUT2D eigenvalue weighted by Crippen LogP contribution is -2.28. The van der Waals surface area contributed by atoms with Crippen LogP contribution in [-0.4, -0.2) is 180 Å². The zero-order valence-electron chi connectivity index (χ0n) is 70.2. The predicted octanol–water partition coefficient (Wildman–Crippen LogP) is 15.1. The number of aromatic amines is 1. The van der Waals surface area contributed by atoms with Gasteiger partial charge < -0.3 is 59.1 Å². The zero-order chi connectivity index (χ0) is 92.5.